The maximum atomic E-state index is 10.7. The van der Waals surface area contributed by atoms with Gasteiger partial charge < -0.3 is 5.11 Å². The molecule has 0 aliphatic carbocycles. The van der Waals surface area contributed by atoms with Gasteiger partial charge in [0, 0.05) is 6.42 Å². The molecule has 2 aromatic heterocycles. The minimum absolute atomic E-state index is 0.0470. The number of halogens is 2. The highest BCUT2D eigenvalue weighted by molar-refractivity contribution is 9.10. The van der Waals surface area contributed by atoms with E-state index in [9.17, 15) is 14.7 Å². The molecule has 2 rings (SSSR count). The first-order chi connectivity index (χ1) is 10.4. The van der Waals surface area contributed by atoms with Crippen LogP contribution in [0.15, 0.2) is 45.6 Å². The number of aliphatic hydroxyl groups excluding tert-OH is 1. The molecule has 2 heterocycles. The maximum Gasteiger partial charge on any atom is 0.168 e. The molecule has 0 aromatic carbocycles. The summed E-state index contributed by atoms with van der Waals surface area (Å²) < 4.78 is 1.35. The van der Waals surface area contributed by atoms with E-state index >= 15 is 0 Å². The van der Waals surface area contributed by atoms with E-state index in [2.05, 4.69) is 41.8 Å². The average molecular weight is 430 g/mol. The largest absolute Gasteiger partial charge is 0.386 e. The van der Waals surface area contributed by atoms with Crippen LogP contribution in [0.4, 0.5) is 0 Å². The highest BCUT2D eigenvalue weighted by Crippen LogP contribution is 2.16. The van der Waals surface area contributed by atoms with Gasteiger partial charge in [-0.2, -0.15) is 0 Å². The second-order valence-corrected chi connectivity index (χ2v) is 5.94. The Morgan fingerprint density at radius 1 is 1.18 bits per heavy atom. The van der Waals surface area contributed by atoms with Crippen molar-refractivity contribution in [1.82, 2.24) is 9.97 Å². The van der Waals surface area contributed by atoms with Crippen LogP contribution in [0.3, 0.4) is 0 Å². The Hall–Kier alpha value is -1.44. The fourth-order valence-electron chi connectivity index (χ4n) is 1.48. The lowest BCUT2D eigenvalue weighted by atomic mass is 10.1. The van der Waals surface area contributed by atoms with E-state index < -0.39 is 6.10 Å². The van der Waals surface area contributed by atoms with Crippen LogP contribution in [0.25, 0.3) is 0 Å². The third-order valence-corrected chi connectivity index (χ3v) is 3.30. The van der Waals surface area contributed by atoms with Gasteiger partial charge in [-0.3, -0.25) is 9.59 Å². The van der Waals surface area contributed by atoms with Crippen LogP contribution in [0, 0.1) is 0 Å². The van der Waals surface area contributed by atoms with Gasteiger partial charge in [-0.05, 0) is 63.0 Å². The zero-order valence-electron chi connectivity index (χ0n) is 11.7. The highest BCUT2D eigenvalue weighted by atomic mass is 79.9. The van der Waals surface area contributed by atoms with E-state index in [4.69, 9.17) is 0 Å². The third-order valence-electron chi connectivity index (χ3n) is 2.42. The summed E-state index contributed by atoms with van der Waals surface area (Å²) >= 11 is 6.32. The van der Waals surface area contributed by atoms with E-state index in [-0.39, 0.29) is 12.2 Å². The number of nitrogens with zero attached hydrogens (tertiary/aromatic N) is 2. The molecular weight excluding hydrogens is 416 g/mol. The minimum Gasteiger partial charge on any atom is -0.386 e. The summed E-state index contributed by atoms with van der Waals surface area (Å²) in [6, 6.07) is 10.4. The number of hydrogen-bond acceptors (Lipinski definition) is 5. The topological polar surface area (TPSA) is 80.1 Å². The number of aliphatic hydroxyl groups is 1. The normalized spacial score (nSPS) is 11.1. The maximum absolute atomic E-state index is 10.7. The van der Waals surface area contributed by atoms with E-state index in [0.717, 1.165) is 0 Å². The van der Waals surface area contributed by atoms with Crippen LogP contribution in [0.1, 0.15) is 35.6 Å². The molecule has 0 aliphatic rings. The lowest BCUT2D eigenvalue weighted by Gasteiger charge is -2.07. The summed E-state index contributed by atoms with van der Waals surface area (Å²) in [5.41, 5.74) is 0.967. The minimum atomic E-state index is -0.796. The second kappa shape index (κ2) is 9.55. The summed E-state index contributed by atoms with van der Waals surface area (Å²) in [7, 11) is 0. The number of pyridine rings is 2. The number of rotatable bonds is 4. The van der Waals surface area contributed by atoms with Crippen molar-refractivity contribution < 1.29 is 14.7 Å². The van der Waals surface area contributed by atoms with Gasteiger partial charge in [-0.25, -0.2) is 9.97 Å². The van der Waals surface area contributed by atoms with E-state index in [1.165, 1.54) is 6.92 Å². The SMILES string of the molecule is CC(=O)CC(O)c1cccc(Br)n1.O=Cc1cccc(Br)n1. The number of Topliss-reactive ketones (excluding diaryl/α,β-unsaturated/α-hetero) is 1. The number of ketones is 1. The summed E-state index contributed by atoms with van der Waals surface area (Å²) in [6.45, 7) is 1.45. The predicted octanol–water partition coefficient (Wildman–Crippen LogP) is 3.51. The average Bonchev–Trinajstić information content (AvgIpc) is 2.47. The standard InChI is InChI=1S/C9H10BrNO2.C6H4BrNO/c1-6(12)5-8(13)7-3-2-4-9(10)11-7;7-6-3-1-2-5(4-9)8-6/h2-4,8,13H,5H2,1H3;1-4H. The summed E-state index contributed by atoms with van der Waals surface area (Å²) in [4.78, 5) is 28.7. The molecule has 7 heteroatoms. The van der Waals surface area contributed by atoms with E-state index in [1.807, 2.05) is 0 Å². The van der Waals surface area contributed by atoms with Gasteiger partial charge in [-0.1, -0.05) is 12.1 Å². The van der Waals surface area contributed by atoms with Gasteiger partial charge in [0.05, 0.1) is 5.69 Å². The smallest absolute Gasteiger partial charge is 0.168 e. The summed E-state index contributed by atoms with van der Waals surface area (Å²) in [6.07, 6.45) is 0.0313. The van der Waals surface area contributed by atoms with Crippen molar-refractivity contribution in [1.29, 1.82) is 0 Å². The molecule has 0 spiro atoms. The highest BCUT2D eigenvalue weighted by Gasteiger charge is 2.11. The first kappa shape index (κ1) is 18.6. The summed E-state index contributed by atoms with van der Waals surface area (Å²) in [5, 5.41) is 9.51. The van der Waals surface area contributed by atoms with Gasteiger partial charge >= 0.3 is 0 Å². The van der Waals surface area contributed by atoms with Crippen LogP contribution < -0.4 is 0 Å². The first-order valence-corrected chi connectivity index (χ1v) is 7.88. The number of aldehydes is 1. The van der Waals surface area contributed by atoms with Crippen molar-refractivity contribution >= 4 is 43.9 Å². The van der Waals surface area contributed by atoms with Crippen LogP contribution in [0.5, 0.6) is 0 Å². The Kier molecular flexibility index (Phi) is 8.08. The molecular formula is C15H14Br2N2O3. The molecule has 1 atom stereocenters. The molecule has 0 radical (unpaired) electrons. The number of carbonyl (C=O) groups excluding carboxylic acids is 2. The third kappa shape index (κ3) is 7.02. The second-order valence-electron chi connectivity index (χ2n) is 4.31. The van der Waals surface area contributed by atoms with Crippen molar-refractivity contribution in [2.24, 2.45) is 0 Å². The van der Waals surface area contributed by atoms with Crippen LogP contribution in [-0.2, 0) is 4.79 Å². The monoisotopic (exact) mass is 428 g/mol. The molecule has 22 heavy (non-hydrogen) atoms. The Morgan fingerprint density at radius 2 is 1.77 bits per heavy atom. The molecule has 0 saturated carbocycles. The van der Waals surface area contributed by atoms with Crippen molar-refractivity contribution in [3.63, 3.8) is 0 Å². The Labute approximate surface area is 145 Å². The van der Waals surface area contributed by atoms with Gasteiger partial charge in [-0.15, -0.1) is 0 Å². The van der Waals surface area contributed by atoms with Gasteiger partial charge in [0.2, 0.25) is 0 Å². The fraction of sp³-hybridized carbons (Fsp3) is 0.200. The number of carbonyl (C=O) groups is 2. The van der Waals surface area contributed by atoms with Gasteiger partial charge in [0.15, 0.2) is 6.29 Å². The van der Waals surface area contributed by atoms with Crippen LogP contribution in [-0.4, -0.2) is 27.1 Å². The Balaban J connectivity index is 0.000000235. The molecule has 0 fully saturated rings. The quantitative estimate of drug-likeness (QED) is 0.594. The lowest BCUT2D eigenvalue weighted by Crippen LogP contribution is -2.05. The van der Waals surface area contributed by atoms with Crippen molar-refractivity contribution in [3.05, 3.63) is 57.0 Å². The fourth-order valence-corrected chi connectivity index (χ4v) is 2.19. The van der Waals surface area contributed by atoms with Crippen molar-refractivity contribution in [3.8, 4) is 0 Å². The molecule has 1 unspecified atom stereocenters. The lowest BCUT2D eigenvalue weighted by molar-refractivity contribution is -0.118. The Morgan fingerprint density at radius 3 is 2.23 bits per heavy atom. The Bertz CT molecular complexity index is 650. The molecule has 116 valence electrons. The molecule has 0 bridgehead atoms. The van der Waals surface area contributed by atoms with Crippen LogP contribution in [0.2, 0.25) is 0 Å². The van der Waals surface area contributed by atoms with E-state index in [1.54, 1.807) is 36.4 Å². The molecule has 1 N–H and O–H groups in total. The number of hydrogen-bond donors (Lipinski definition) is 1. The van der Waals surface area contributed by atoms with E-state index in [0.29, 0.717) is 26.9 Å². The van der Waals surface area contributed by atoms with Gasteiger partial charge in [0.25, 0.3) is 0 Å². The summed E-state index contributed by atoms with van der Waals surface area (Å²) in [5.74, 6) is -0.0470. The zero-order chi connectivity index (χ0) is 16.5. The molecule has 5 nitrogen and oxygen atoms in total. The molecule has 0 amide bonds. The van der Waals surface area contributed by atoms with Gasteiger partial charge in [0.1, 0.15) is 26.8 Å². The predicted molar refractivity (Wildman–Crippen MR) is 89.5 cm³/mol. The molecule has 2 aromatic rings. The first-order valence-electron chi connectivity index (χ1n) is 6.30. The van der Waals surface area contributed by atoms with Crippen LogP contribution >= 0.6 is 31.9 Å². The molecule has 0 aliphatic heterocycles. The zero-order valence-corrected chi connectivity index (χ0v) is 14.9. The molecule has 0 saturated heterocycles. The van der Waals surface area contributed by atoms with Crippen molar-refractivity contribution in [2.75, 3.05) is 0 Å². The number of aromatic nitrogens is 2. The van der Waals surface area contributed by atoms with Crippen molar-refractivity contribution in [2.45, 2.75) is 19.4 Å².